The van der Waals surface area contributed by atoms with Gasteiger partial charge in [0, 0.05) is 90.6 Å². The van der Waals surface area contributed by atoms with Crippen molar-refractivity contribution < 1.29 is 102 Å². The average molecular weight is 1890 g/mol. The number of benzene rings is 6. The number of carbonyl (C=O) groups excluding carboxylic acids is 15. The molecule has 0 saturated carbocycles. The molecule has 134 heavy (non-hydrogen) atoms. The molecule has 1 fully saturated rings. The molecule has 15 amide bonds. The van der Waals surface area contributed by atoms with E-state index in [0.29, 0.717) is 51.6 Å². The Hall–Kier alpha value is -13.8. The minimum Gasteiger partial charge on any atom is -0.508 e. The minimum absolute atomic E-state index is 0.0136. The second kappa shape index (κ2) is 51.3. The molecule has 38 heteroatoms. The van der Waals surface area contributed by atoms with Crippen LogP contribution in [0.1, 0.15) is 113 Å². The van der Waals surface area contributed by atoms with Gasteiger partial charge in [0.25, 0.3) is 0 Å². The van der Waals surface area contributed by atoms with Crippen LogP contribution in [-0.4, -0.2) is 278 Å². The van der Waals surface area contributed by atoms with E-state index < -0.39 is 235 Å². The summed E-state index contributed by atoms with van der Waals surface area (Å²) in [5, 5.41) is 67.8. The van der Waals surface area contributed by atoms with E-state index in [1.807, 2.05) is 13.0 Å². The van der Waals surface area contributed by atoms with Crippen molar-refractivity contribution in [2.24, 2.45) is 17.6 Å². The van der Waals surface area contributed by atoms with Crippen LogP contribution in [0.25, 0.3) is 10.1 Å². The van der Waals surface area contributed by atoms with Crippen LogP contribution >= 0.6 is 23.1 Å². The lowest BCUT2D eigenvalue weighted by Gasteiger charge is -2.37. The Balaban J connectivity index is 1.25. The lowest BCUT2D eigenvalue weighted by molar-refractivity contribution is -0.151. The molecule has 0 aliphatic carbocycles. The zero-order valence-electron chi connectivity index (χ0n) is 76.6. The van der Waals surface area contributed by atoms with Gasteiger partial charge < -0.3 is 98.5 Å². The fourth-order valence-corrected chi connectivity index (χ4v) is 17.3. The van der Waals surface area contributed by atoms with Crippen LogP contribution in [0, 0.1) is 11.8 Å². The predicted molar refractivity (Wildman–Crippen MR) is 501 cm³/mol. The molecule has 36 nitrogen and oxygen atoms in total. The number of hydrogen-bond acceptors (Lipinski definition) is 21. The second-order valence-electron chi connectivity index (χ2n) is 34.1. The quantitative estimate of drug-likeness (QED) is 0.0370. The Labute approximate surface area is 785 Å². The van der Waals surface area contributed by atoms with Crippen molar-refractivity contribution in [3.8, 4) is 11.5 Å². The molecular formula is C96H121N15O21S2. The Morgan fingerprint density at radius 1 is 0.448 bits per heavy atom. The molecule has 7 aromatic rings. The van der Waals surface area contributed by atoms with Gasteiger partial charge in [-0.25, -0.2) is 0 Å². The van der Waals surface area contributed by atoms with Crippen LogP contribution in [0.5, 0.6) is 11.5 Å². The van der Waals surface area contributed by atoms with E-state index in [1.54, 1.807) is 128 Å². The third-order valence-electron chi connectivity index (χ3n) is 22.9. The summed E-state index contributed by atoms with van der Waals surface area (Å²) >= 11 is 2.11. The Bertz CT molecular complexity index is 5270. The molecule has 12 atom stereocenters. The zero-order chi connectivity index (χ0) is 98.2. The maximum atomic E-state index is 15.8. The number of aromatic hydroxyl groups is 2. The first-order valence-corrected chi connectivity index (χ1v) is 46.2. The number of likely N-dealkylation sites (N-methyl/N-ethyl adjacent to an activating group) is 5. The van der Waals surface area contributed by atoms with Gasteiger partial charge in [-0.05, 0) is 106 Å². The summed E-state index contributed by atoms with van der Waals surface area (Å²) in [6.45, 7) is 6.82. The number of carbonyl (C=O) groups is 17. The van der Waals surface area contributed by atoms with Gasteiger partial charge in [0.1, 0.15) is 84.0 Å². The zero-order valence-corrected chi connectivity index (χ0v) is 78.3. The monoisotopic (exact) mass is 1880 g/mol. The fraction of sp³-hybridized carbons (Fsp3) is 0.427. The van der Waals surface area contributed by atoms with Gasteiger partial charge in [0.2, 0.25) is 88.6 Å². The Morgan fingerprint density at radius 2 is 0.896 bits per heavy atom. The number of hydrogen-bond donors (Lipinski definition) is 14. The van der Waals surface area contributed by atoms with E-state index >= 15 is 47.9 Å². The number of nitrogens with zero attached hydrogens (tertiary/aromatic N) is 5. The summed E-state index contributed by atoms with van der Waals surface area (Å²) in [7, 11) is 6.37. The number of thiophene rings is 1. The summed E-state index contributed by atoms with van der Waals surface area (Å²) in [5.41, 5.74) is 8.26. The van der Waals surface area contributed by atoms with Gasteiger partial charge in [0.05, 0.1) is 25.3 Å². The maximum absolute atomic E-state index is 15.8. The SMILES string of the molecule is CCCCC1C(=O)N(C)CC(=O)NC(CC(=O)O)C(=O)NC(C(C)C)C(=O)N(C)C(Cc2ccccc2)C(=O)NC(Cc2ccc(O)cc2)C(=O)N(C)C(CCC(=O)O)C(=O)NC(Cc2csc3ccccc23)C(=O)NC(Cc2ccc(O)cc2)C(=O)NC(CC(C)C)C(=O)NC(C(=O)NCC(N)=O)CSCC(=O)NC(Cc2ccccc2)C(=O)N(C)C(Cc2ccccc2)C(=O)N1C. The number of carboxylic acid groups (broad SMARTS) is 2. The topological polar surface area (TPSA) is 522 Å². The molecule has 0 bridgehead atoms. The van der Waals surface area contributed by atoms with E-state index in [9.17, 15) is 54.0 Å². The van der Waals surface area contributed by atoms with Crippen LogP contribution in [0.4, 0.5) is 0 Å². The number of primary amides is 1. The van der Waals surface area contributed by atoms with E-state index in [0.717, 1.165) is 48.0 Å². The minimum atomic E-state index is -1.94. The van der Waals surface area contributed by atoms with Crippen molar-refractivity contribution in [2.45, 2.75) is 191 Å². The predicted octanol–water partition coefficient (Wildman–Crippen LogP) is 3.29. The molecule has 718 valence electrons. The number of nitrogens with two attached hydrogens (primary N) is 1. The molecule has 1 aliphatic rings. The standard InChI is InChI=1S/C96H121N15O21S2/c1-11-12-31-75-94(130)107(6)52-80(115)99-70(50-83(119)120)89(125)106-84(57(4)5)96(132)110(9)76(47-59-26-18-14-19-27-59)91(127)104-72(46-62-35-39-65(113)40-36-62)93(129)108(7)74(41-42-82(117)118)90(126)103-69(49-63-53-134-78-32-23-22-30-66(63)78)88(124)102-68(44-61-33-37-64(112)38-34-61)87(123)101-67(43-56(2)3)86(122)105-73(85(121)98-51-79(97)114)54-133-55-81(116)100-71(45-58-24-16-13-17-25-58)92(128)111(10)77(95(131)109(75)8)48-60-28-20-15-21-29-60/h13-30,32-40,53,56-57,67-77,84,112-113H,11-12,31,41-52,54-55H2,1-10H3,(H2,97,114)(H,98,121)(H,99,115)(H,100,116)(H,101,123)(H,102,124)(H,103,126)(H,104,127)(H,105,122)(H,106,125)(H,117,118)(H,119,120). The number of aliphatic carboxylic acids is 2. The van der Waals surface area contributed by atoms with E-state index in [4.69, 9.17) is 5.73 Å². The summed E-state index contributed by atoms with van der Waals surface area (Å²) in [5.74, 6) is -19.9. The first kappa shape index (κ1) is 106. The Kier molecular flexibility index (Phi) is 40.4. The molecule has 0 spiro atoms. The number of rotatable bonds is 26. The molecule has 1 aromatic heterocycles. The highest BCUT2D eigenvalue weighted by Gasteiger charge is 2.43. The third kappa shape index (κ3) is 31.7. The van der Waals surface area contributed by atoms with E-state index in [2.05, 4.69) is 47.9 Å². The van der Waals surface area contributed by atoms with E-state index in [-0.39, 0.29) is 56.4 Å². The molecule has 1 aliphatic heterocycles. The molecule has 8 rings (SSSR count). The lowest BCUT2D eigenvalue weighted by Crippen LogP contribution is -2.62. The average Bonchev–Trinajstić information content (AvgIpc) is 1.69. The maximum Gasteiger partial charge on any atom is 0.305 e. The summed E-state index contributed by atoms with van der Waals surface area (Å²) in [6, 6.07) is 24.2. The van der Waals surface area contributed by atoms with Gasteiger partial charge >= 0.3 is 11.9 Å². The van der Waals surface area contributed by atoms with Crippen molar-refractivity contribution in [2.75, 3.05) is 59.8 Å². The first-order chi connectivity index (χ1) is 63.7. The molecule has 1 saturated heterocycles. The van der Waals surface area contributed by atoms with Gasteiger partial charge in [-0.3, -0.25) is 81.5 Å². The van der Waals surface area contributed by atoms with Crippen LogP contribution in [-0.2, 0) is 120 Å². The van der Waals surface area contributed by atoms with Crippen LogP contribution in [0.3, 0.4) is 0 Å². The number of phenols is 2. The summed E-state index contributed by atoms with van der Waals surface area (Å²) in [4.78, 5) is 255. The number of phenolic OH excluding ortho intramolecular Hbond substituents is 2. The largest absolute Gasteiger partial charge is 0.508 e. The van der Waals surface area contributed by atoms with Gasteiger partial charge in [-0.2, -0.15) is 0 Å². The highest BCUT2D eigenvalue weighted by atomic mass is 32.2. The normalized spacial score (nSPS) is 22.1. The molecule has 12 unspecified atom stereocenters. The highest BCUT2D eigenvalue weighted by Crippen LogP contribution is 2.29. The van der Waals surface area contributed by atoms with Crippen molar-refractivity contribution in [3.63, 3.8) is 0 Å². The van der Waals surface area contributed by atoms with Crippen LogP contribution in [0.2, 0.25) is 0 Å². The van der Waals surface area contributed by atoms with Gasteiger partial charge in [-0.15, -0.1) is 23.1 Å². The first-order valence-electron chi connectivity index (χ1n) is 44.1. The van der Waals surface area contributed by atoms with Crippen molar-refractivity contribution >= 4 is 134 Å². The summed E-state index contributed by atoms with van der Waals surface area (Å²) in [6.07, 6.45) is -3.40. The number of nitrogens with one attached hydrogen (secondary N) is 9. The van der Waals surface area contributed by atoms with Crippen LogP contribution in [0.15, 0.2) is 169 Å². The van der Waals surface area contributed by atoms with Gasteiger partial charge in [0.15, 0.2) is 0 Å². The molecule has 6 aromatic carbocycles. The molecular weight excluding hydrogens is 1760 g/mol. The third-order valence-corrected chi connectivity index (χ3v) is 25.0. The highest BCUT2D eigenvalue weighted by molar-refractivity contribution is 8.00. The Morgan fingerprint density at radius 3 is 1.43 bits per heavy atom. The van der Waals surface area contributed by atoms with Crippen molar-refractivity contribution in [1.29, 1.82) is 0 Å². The lowest BCUT2D eigenvalue weighted by atomic mass is 9.98. The van der Waals surface area contributed by atoms with Crippen molar-refractivity contribution in [3.05, 3.63) is 203 Å². The second-order valence-corrected chi connectivity index (χ2v) is 36.0. The van der Waals surface area contributed by atoms with Crippen LogP contribution < -0.4 is 53.6 Å². The number of fused-ring (bicyclic) bond motifs is 1. The molecule has 2 heterocycles. The van der Waals surface area contributed by atoms with Gasteiger partial charge in [-0.1, -0.05) is 181 Å². The molecule has 15 N–H and O–H groups in total. The summed E-state index contributed by atoms with van der Waals surface area (Å²) < 4.78 is 0.759. The number of carboxylic acids is 2. The molecule has 0 radical (unpaired) electrons. The van der Waals surface area contributed by atoms with Crippen molar-refractivity contribution in [1.82, 2.24) is 72.4 Å². The number of unbranched alkanes of at least 4 members (excludes halogenated alkanes) is 1. The smallest absolute Gasteiger partial charge is 0.305 e. The number of amides is 15. The number of thioether (sulfide) groups is 1. The van der Waals surface area contributed by atoms with E-state index in [1.165, 1.54) is 102 Å². The fourth-order valence-electron chi connectivity index (χ4n) is 15.5.